The second kappa shape index (κ2) is 2.84. The van der Waals surface area contributed by atoms with Gasteiger partial charge in [0.1, 0.15) is 0 Å². The van der Waals surface area contributed by atoms with E-state index in [0.717, 1.165) is 0 Å². The molecule has 3 nitrogen and oxygen atoms in total. The molecular weight excluding hydrogens is 130 g/mol. The van der Waals surface area contributed by atoms with E-state index in [1.165, 1.54) is 0 Å². The molecule has 0 aromatic heterocycles. The van der Waals surface area contributed by atoms with Gasteiger partial charge in [0.15, 0.2) is 0 Å². The zero-order valence-electron chi connectivity index (χ0n) is 5.66. The van der Waals surface area contributed by atoms with Crippen LogP contribution in [0.2, 0.25) is 0 Å². The first-order valence-electron chi connectivity index (χ1n) is 3.35. The van der Waals surface area contributed by atoms with Gasteiger partial charge in [0.25, 0.3) is 0 Å². The molecule has 0 aliphatic heterocycles. The average molecular weight is 141 g/mol. The summed E-state index contributed by atoms with van der Waals surface area (Å²) < 4.78 is 0. The summed E-state index contributed by atoms with van der Waals surface area (Å²) in [5.41, 5.74) is 5.55. The van der Waals surface area contributed by atoms with Crippen LogP contribution in [0.3, 0.4) is 0 Å². The minimum absolute atomic E-state index is 0.192. The molecule has 1 aliphatic rings. The Morgan fingerprint density at radius 2 is 2.10 bits per heavy atom. The third kappa shape index (κ3) is 1.36. The molecule has 0 amide bonds. The van der Waals surface area contributed by atoms with Crippen LogP contribution in [0.5, 0.6) is 0 Å². The second-order valence-corrected chi connectivity index (χ2v) is 2.55. The maximum atomic E-state index is 10.5. The third-order valence-corrected chi connectivity index (χ3v) is 1.80. The van der Waals surface area contributed by atoms with E-state index in [0.29, 0.717) is 12.8 Å². The first-order valence-corrected chi connectivity index (χ1v) is 3.35. The van der Waals surface area contributed by atoms with Crippen LogP contribution in [-0.2, 0) is 4.79 Å². The van der Waals surface area contributed by atoms with Gasteiger partial charge in [-0.25, -0.2) is 0 Å². The number of allylic oxidation sites excluding steroid dienone is 1. The number of hydrogen-bond donors (Lipinski definition) is 2. The molecule has 2 atom stereocenters. The Morgan fingerprint density at radius 3 is 2.50 bits per heavy atom. The van der Waals surface area contributed by atoms with Crippen molar-refractivity contribution >= 4 is 5.97 Å². The average Bonchev–Trinajstić information content (AvgIpc) is 1.88. The Hall–Kier alpha value is -0.830. The minimum atomic E-state index is -0.781. The quantitative estimate of drug-likeness (QED) is 0.518. The van der Waals surface area contributed by atoms with Gasteiger partial charge < -0.3 is 10.8 Å². The number of carboxylic acids is 1. The van der Waals surface area contributed by atoms with E-state index in [2.05, 4.69) is 0 Å². The molecule has 0 saturated heterocycles. The van der Waals surface area contributed by atoms with Crippen LogP contribution in [0.1, 0.15) is 12.8 Å². The minimum Gasteiger partial charge on any atom is -0.481 e. The maximum absolute atomic E-state index is 10.5. The summed E-state index contributed by atoms with van der Waals surface area (Å²) in [5, 5.41) is 8.59. The Kier molecular flexibility index (Phi) is 2.06. The number of hydrogen-bond acceptors (Lipinski definition) is 2. The van der Waals surface area contributed by atoms with Gasteiger partial charge >= 0.3 is 5.97 Å². The first-order chi connectivity index (χ1) is 4.72. The monoisotopic (exact) mass is 141 g/mol. The van der Waals surface area contributed by atoms with Gasteiger partial charge in [-0.2, -0.15) is 0 Å². The molecule has 3 heteroatoms. The van der Waals surface area contributed by atoms with Crippen LogP contribution in [0.15, 0.2) is 12.2 Å². The van der Waals surface area contributed by atoms with Crippen molar-refractivity contribution in [2.45, 2.75) is 18.9 Å². The third-order valence-electron chi connectivity index (χ3n) is 1.80. The lowest BCUT2D eigenvalue weighted by Gasteiger charge is -2.20. The lowest BCUT2D eigenvalue weighted by Crippen LogP contribution is -2.36. The van der Waals surface area contributed by atoms with Gasteiger partial charge in [0, 0.05) is 6.04 Å². The molecular formula is C7H11NO2. The van der Waals surface area contributed by atoms with Crippen molar-refractivity contribution in [3.8, 4) is 0 Å². The van der Waals surface area contributed by atoms with Crippen LogP contribution < -0.4 is 5.73 Å². The van der Waals surface area contributed by atoms with Crippen molar-refractivity contribution in [3.63, 3.8) is 0 Å². The normalized spacial score (nSPS) is 32.1. The summed E-state index contributed by atoms with van der Waals surface area (Å²) in [5.74, 6) is -1.15. The summed E-state index contributed by atoms with van der Waals surface area (Å²) in [6.07, 6.45) is 5.08. The number of aliphatic carboxylic acids is 1. The smallest absolute Gasteiger partial charge is 0.308 e. The molecule has 0 unspecified atom stereocenters. The van der Waals surface area contributed by atoms with Gasteiger partial charge in [-0.05, 0) is 12.8 Å². The Balaban J connectivity index is 2.59. The molecule has 1 rings (SSSR count). The lowest BCUT2D eigenvalue weighted by molar-refractivity contribution is -0.142. The van der Waals surface area contributed by atoms with Crippen molar-refractivity contribution < 1.29 is 9.90 Å². The van der Waals surface area contributed by atoms with E-state index in [4.69, 9.17) is 10.8 Å². The van der Waals surface area contributed by atoms with Gasteiger partial charge in [0.2, 0.25) is 0 Å². The molecule has 0 saturated carbocycles. The van der Waals surface area contributed by atoms with E-state index in [1.807, 2.05) is 12.2 Å². The van der Waals surface area contributed by atoms with Crippen LogP contribution in [0.4, 0.5) is 0 Å². The van der Waals surface area contributed by atoms with Crippen LogP contribution >= 0.6 is 0 Å². The standard InChI is InChI=1S/C7H11NO2/c8-6-4-2-1-3-5(6)7(9)10/h1-2,5-6H,3-4,8H2,(H,9,10)/t5-,6+/m0/s1. The summed E-state index contributed by atoms with van der Waals surface area (Å²) in [4.78, 5) is 10.5. The Bertz CT molecular complexity index is 165. The number of carboxylic acid groups (broad SMARTS) is 1. The predicted molar refractivity (Wildman–Crippen MR) is 37.5 cm³/mol. The predicted octanol–water partition coefficient (Wildman–Crippen LogP) is 0.364. The summed E-state index contributed by atoms with van der Waals surface area (Å²) >= 11 is 0. The number of carbonyl (C=O) groups is 1. The second-order valence-electron chi connectivity index (χ2n) is 2.55. The fraction of sp³-hybridized carbons (Fsp3) is 0.571. The zero-order chi connectivity index (χ0) is 7.56. The van der Waals surface area contributed by atoms with Crippen LogP contribution in [0.25, 0.3) is 0 Å². The largest absolute Gasteiger partial charge is 0.481 e. The molecule has 0 aromatic rings. The van der Waals surface area contributed by atoms with Crippen LogP contribution in [0, 0.1) is 5.92 Å². The van der Waals surface area contributed by atoms with Crippen LogP contribution in [-0.4, -0.2) is 17.1 Å². The summed E-state index contributed by atoms with van der Waals surface area (Å²) in [7, 11) is 0. The topological polar surface area (TPSA) is 63.3 Å². The molecule has 10 heavy (non-hydrogen) atoms. The van der Waals surface area contributed by atoms with Crippen molar-refractivity contribution in [1.82, 2.24) is 0 Å². The molecule has 1 aliphatic carbocycles. The van der Waals surface area contributed by atoms with Crippen molar-refractivity contribution in [1.29, 1.82) is 0 Å². The first kappa shape index (κ1) is 7.28. The Morgan fingerprint density at radius 1 is 1.50 bits per heavy atom. The molecule has 0 bridgehead atoms. The van der Waals surface area contributed by atoms with Gasteiger partial charge in [-0.1, -0.05) is 12.2 Å². The number of rotatable bonds is 1. The molecule has 0 fully saturated rings. The highest BCUT2D eigenvalue weighted by Gasteiger charge is 2.24. The van der Waals surface area contributed by atoms with E-state index < -0.39 is 5.97 Å². The number of nitrogens with two attached hydrogens (primary N) is 1. The summed E-state index contributed by atoms with van der Waals surface area (Å²) in [6, 6.07) is -0.192. The molecule has 0 radical (unpaired) electrons. The molecule has 0 aromatic carbocycles. The van der Waals surface area contributed by atoms with E-state index >= 15 is 0 Å². The van der Waals surface area contributed by atoms with Crippen molar-refractivity contribution in [2.24, 2.45) is 11.7 Å². The fourth-order valence-corrected chi connectivity index (χ4v) is 1.12. The van der Waals surface area contributed by atoms with Gasteiger partial charge in [-0.15, -0.1) is 0 Å². The van der Waals surface area contributed by atoms with Crippen molar-refractivity contribution in [2.75, 3.05) is 0 Å². The lowest BCUT2D eigenvalue weighted by atomic mass is 9.90. The highest BCUT2D eigenvalue weighted by molar-refractivity contribution is 5.71. The van der Waals surface area contributed by atoms with Gasteiger partial charge in [0.05, 0.1) is 5.92 Å². The fourth-order valence-electron chi connectivity index (χ4n) is 1.12. The van der Waals surface area contributed by atoms with Gasteiger partial charge in [-0.3, -0.25) is 4.79 Å². The molecule has 56 valence electrons. The Labute approximate surface area is 59.5 Å². The summed E-state index contributed by atoms with van der Waals surface area (Å²) in [6.45, 7) is 0. The molecule has 0 heterocycles. The van der Waals surface area contributed by atoms with Crippen molar-refractivity contribution in [3.05, 3.63) is 12.2 Å². The highest BCUT2D eigenvalue weighted by Crippen LogP contribution is 2.16. The molecule has 3 N–H and O–H groups in total. The highest BCUT2D eigenvalue weighted by atomic mass is 16.4. The maximum Gasteiger partial charge on any atom is 0.308 e. The van der Waals surface area contributed by atoms with E-state index in [9.17, 15) is 4.79 Å². The zero-order valence-corrected chi connectivity index (χ0v) is 5.66. The SMILES string of the molecule is N[C@@H]1CC=CC[C@@H]1C(=O)O. The van der Waals surface area contributed by atoms with E-state index in [1.54, 1.807) is 0 Å². The molecule has 0 spiro atoms. The van der Waals surface area contributed by atoms with E-state index in [-0.39, 0.29) is 12.0 Å².